The van der Waals surface area contributed by atoms with E-state index in [1.165, 1.54) is 0 Å². The van der Waals surface area contributed by atoms with Crippen molar-refractivity contribution >= 4 is 29.6 Å². The number of rotatable bonds is 27. The molecule has 2 fully saturated rings. The summed E-state index contributed by atoms with van der Waals surface area (Å²) in [6, 6.07) is -3.03. The lowest BCUT2D eigenvalue weighted by Gasteiger charge is -2.43. The number of ether oxygens (including phenoxy) is 7. The quantitative estimate of drug-likeness (QED) is 0.0206. The Kier molecular flexibility index (Phi) is 26.1. The molecule has 4 amide bonds. The molecule has 2 aliphatic heterocycles. The van der Waals surface area contributed by atoms with Crippen LogP contribution in [0.2, 0.25) is 0 Å². The number of hydrogen-bond donors (Lipinski definition) is 18. The van der Waals surface area contributed by atoms with E-state index in [0.29, 0.717) is 0 Å². The molecular formula is C40H67N5O25. The first-order valence-corrected chi connectivity index (χ1v) is 21.5. The number of amides is 4. The first-order valence-electron chi connectivity index (χ1n) is 21.5. The summed E-state index contributed by atoms with van der Waals surface area (Å²) in [6.45, 7) is 1.15. The number of aliphatic hydroxyl groups is 13. The molecule has 19 N–H and O–H groups in total. The molecule has 0 spiro atoms. The van der Waals surface area contributed by atoms with Gasteiger partial charge in [-0.1, -0.05) is 0 Å². The highest BCUT2D eigenvalue weighted by Gasteiger charge is 2.48. The van der Waals surface area contributed by atoms with E-state index in [2.05, 4.69) is 21.3 Å². The third kappa shape index (κ3) is 18.6. The molecule has 2 aliphatic rings. The zero-order valence-corrected chi connectivity index (χ0v) is 38.8. The molecule has 0 aromatic rings. The Hall–Kier alpha value is -4.55. The molecule has 16 unspecified atom stereocenters. The molecule has 70 heavy (non-hydrogen) atoms. The molecule has 0 bridgehead atoms. The van der Waals surface area contributed by atoms with Gasteiger partial charge in [-0.25, -0.2) is 0 Å². The van der Waals surface area contributed by atoms with E-state index in [1.54, 1.807) is 0 Å². The monoisotopic (exact) mass is 1020 g/mol. The molecule has 402 valence electrons. The summed E-state index contributed by atoms with van der Waals surface area (Å²) in [5, 5.41) is 147. The van der Waals surface area contributed by atoms with Crippen LogP contribution in [0.5, 0.6) is 0 Å². The van der Waals surface area contributed by atoms with Crippen LogP contribution < -0.4 is 27.0 Å². The highest BCUT2D eigenvalue weighted by Crippen LogP contribution is 2.28. The minimum Gasteiger partial charge on any atom is -0.507 e. The minimum absolute atomic E-state index is 0.316. The summed E-state index contributed by atoms with van der Waals surface area (Å²) < 4.78 is 38.0. The van der Waals surface area contributed by atoms with Crippen LogP contribution in [0.1, 0.15) is 53.9 Å². The summed E-state index contributed by atoms with van der Waals surface area (Å²) in [7, 11) is 0. The summed E-state index contributed by atoms with van der Waals surface area (Å²) in [4.78, 5) is 60.1. The van der Waals surface area contributed by atoms with Gasteiger partial charge in [-0.3, -0.25) is 24.0 Å². The van der Waals surface area contributed by atoms with Gasteiger partial charge in [0.1, 0.15) is 84.4 Å². The molecule has 2 saturated heterocycles. The lowest BCUT2D eigenvalue weighted by atomic mass is 9.96. The Labute approximate surface area is 399 Å². The van der Waals surface area contributed by atoms with Crippen LogP contribution in [0.25, 0.3) is 0 Å². The zero-order valence-electron chi connectivity index (χ0n) is 38.8. The van der Waals surface area contributed by atoms with Crippen molar-refractivity contribution in [2.24, 2.45) is 5.73 Å². The van der Waals surface area contributed by atoms with Crippen LogP contribution in [0.3, 0.4) is 0 Å². The topological polar surface area (TPSA) is 487 Å². The van der Waals surface area contributed by atoms with E-state index in [1.807, 2.05) is 0 Å². The van der Waals surface area contributed by atoms with Gasteiger partial charge in [0.2, 0.25) is 29.9 Å². The first-order chi connectivity index (χ1) is 32.8. The summed E-state index contributed by atoms with van der Waals surface area (Å²) in [5.41, 5.74) is 3.54. The predicted octanol–water partition coefficient (Wildman–Crippen LogP) is -7.63. The van der Waals surface area contributed by atoms with Crippen molar-refractivity contribution in [3.8, 4) is 0 Å². The van der Waals surface area contributed by atoms with E-state index < -0.39 is 203 Å². The maximum Gasteiger partial charge on any atom is 0.302 e. The number of nitrogens with two attached hydrogens (primary N) is 1. The molecule has 30 heteroatoms. The molecule has 0 aliphatic carbocycles. The van der Waals surface area contributed by atoms with Gasteiger partial charge in [0.05, 0.1) is 24.4 Å². The lowest BCUT2D eigenvalue weighted by molar-refractivity contribution is -0.284. The molecule has 0 aromatic heterocycles. The highest BCUT2D eigenvalue weighted by molar-refractivity contribution is 5.76. The number of nitrogens with one attached hydrogen (secondary N) is 4. The van der Waals surface area contributed by atoms with Crippen molar-refractivity contribution in [3.63, 3.8) is 0 Å². The van der Waals surface area contributed by atoms with Crippen LogP contribution in [-0.2, 0) is 57.1 Å². The average molecular weight is 1020 g/mol. The van der Waals surface area contributed by atoms with Gasteiger partial charge in [-0.15, -0.1) is 0 Å². The van der Waals surface area contributed by atoms with E-state index >= 15 is 0 Å². The predicted molar refractivity (Wildman–Crippen MR) is 228 cm³/mol. The second-order valence-corrected chi connectivity index (χ2v) is 15.8. The van der Waals surface area contributed by atoms with Gasteiger partial charge in [0.25, 0.3) is 0 Å². The lowest BCUT2D eigenvalue weighted by Crippen LogP contribution is -2.65. The molecule has 2 rings (SSSR count). The third-order valence-corrected chi connectivity index (χ3v) is 10.0. The Morgan fingerprint density at radius 1 is 0.643 bits per heavy atom. The second kappa shape index (κ2) is 29.7. The van der Waals surface area contributed by atoms with E-state index in [-0.39, 0.29) is 6.42 Å². The second-order valence-electron chi connectivity index (χ2n) is 15.8. The highest BCUT2D eigenvalue weighted by atomic mass is 16.7. The van der Waals surface area contributed by atoms with E-state index in [4.69, 9.17) is 38.9 Å². The number of aliphatic hydroxyl groups excluding tert-OH is 13. The van der Waals surface area contributed by atoms with Gasteiger partial charge in [0, 0.05) is 73.7 Å². The molecule has 0 aromatic carbocycles. The van der Waals surface area contributed by atoms with Gasteiger partial charge in [0.15, 0.2) is 25.2 Å². The van der Waals surface area contributed by atoms with Crippen molar-refractivity contribution in [1.82, 2.24) is 21.3 Å². The fourth-order valence-corrected chi connectivity index (χ4v) is 6.81. The number of carbonyl (C=O) groups is 5. The van der Waals surface area contributed by atoms with E-state index in [0.717, 1.165) is 40.7 Å². The molecule has 0 saturated carbocycles. The molecule has 0 radical (unpaired) electrons. The standard InChI is InChI=1S/C40H67N5O25/c1-15(50)42-21(12-20(6-9-46)65-40-26(41)33(58)32(57)25(69-40)14-64-19(5)54)36(60)66-22(7-10-47)30(55)27(43-16(2)51)37(61)67-23(8-11-48)31(56)28(44-17(3)52)39(63)70-35-24(13-49)68-38(62)29(34(35)59)45-18(4)53/h12,20,22-26,29,32-40,46-49,55-63H,6-11,13-14,41H2,1-5H3,(H,42,50)(H,43,51)(H,44,52)(H,45,53)/b21-12+,30-27+,31-28+. The Morgan fingerprint density at radius 2 is 1.16 bits per heavy atom. The Morgan fingerprint density at radius 3 is 1.63 bits per heavy atom. The van der Waals surface area contributed by atoms with Gasteiger partial charge in [-0.2, -0.15) is 0 Å². The summed E-state index contributed by atoms with van der Waals surface area (Å²) in [6.07, 6.45) is -26.8. The Bertz CT molecular complexity index is 1820. The van der Waals surface area contributed by atoms with Crippen molar-refractivity contribution in [2.75, 3.05) is 33.0 Å². The van der Waals surface area contributed by atoms with Crippen LogP contribution >= 0.6 is 0 Å². The van der Waals surface area contributed by atoms with Crippen LogP contribution in [0, 0.1) is 0 Å². The summed E-state index contributed by atoms with van der Waals surface area (Å²) in [5.74, 6) is -6.67. The fourth-order valence-electron chi connectivity index (χ4n) is 6.81. The largest absolute Gasteiger partial charge is 0.507 e. The molecular weight excluding hydrogens is 950 g/mol. The van der Waals surface area contributed by atoms with Crippen LogP contribution in [0.4, 0.5) is 0 Å². The molecule has 30 nitrogen and oxygen atoms in total. The van der Waals surface area contributed by atoms with Crippen molar-refractivity contribution < 1.29 is 124 Å². The number of hydrogen-bond acceptors (Lipinski definition) is 26. The molecule has 2 heterocycles. The summed E-state index contributed by atoms with van der Waals surface area (Å²) >= 11 is 0. The first kappa shape index (κ1) is 61.6. The van der Waals surface area contributed by atoms with Crippen molar-refractivity contribution in [1.29, 1.82) is 0 Å². The maximum absolute atomic E-state index is 12.4. The number of carbonyl (C=O) groups excluding carboxylic acids is 5. The SMILES string of the molecule is CC(=O)N/C(=C/C(CCO)OC1OC(COC(C)=O)C(O)C(O)C1N)C(O)OC(CCO)/C(O)=C(\NC(C)=O)C(O)OC(CCO)/C(O)=C(\NC(C)=O)C(O)OC1C(CO)OC(O)C(NC(C)=O)C1O. The maximum atomic E-state index is 12.4. The third-order valence-electron chi connectivity index (χ3n) is 10.0. The van der Waals surface area contributed by atoms with Crippen molar-refractivity contribution in [3.05, 3.63) is 34.7 Å². The zero-order chi connectivity index (χ0) is 53.2. The van der Waals surface area contributed by atoms with E-state index in [9.17, 15) is 90.4 Å². The van der Waals surface area contributed by atoms with Crippen LogP contribution in [0.15, 0.2) is 34.7 Å². The fraction of sp³-hybridized carbons (Fsp3) is 0.725. The van der Waals surface area contributed by atoms with Crippen LogP contribution in [-0.4, -0.2) is 227 Å². The van der Waals surface area contributed by atoms with Gasteiger partial charge >= 0.3 is 5.97 Å². The average Bonchev–Trinajstić information content (AvgIpc) is 3.27. The van der Waals surface area contributed by atoms with Crippen molar-refractivity contribution in [2.45, 2.75) is 152 Å². The Balaban J connectivity index is 2.58. The smallest absolute Gasteiger partial charge is 0.302 e. The van der Waals surface area contributed by atoms with Gasteiger partial charge in [-0.05, 0) is 6.08 Å². The number of esters is 1. The minimum atomic E-state index is -2.58. The van der Waals surface area contributed by atoms with Gasteiger partial charge < -0.3 is 127 Å². The normalized spacial score (nSPS) is 28.4. The molecule has 16 atom stereocenters.